The largest absolute Gasteiger partial charge is 0.492 e. The van der Waals surface area contributed by atoms with Gasteiger partial charge in [0.15, 0.2) is 0 Å². The molecule has 0 bridgehead atoms. The first kappa shape index (κ1) is 79.3. The van der Waals surface area contributed by atoms with Gasteiger partial charge in [0, 0.05) is 138 Å². The third-order valence-electron chi connectivity index (χ3n) is 27.3. The molecule has 2 aromatic rings. The summed E-state index contributed by atoms with van der Waals surface area (Å²) in [7, 11) is 0. The molecule has 564 valence electrons. The van der Waals surface area contributed by atoms with E-state index >= 15 is 0 Å². The van der Waals surface area contributed by atoms with Gasteiger partial charge in [-0.05, 0) is 317 Å². The van der Waals surface area contributed by atoms with Crippen LogP contribution in [0.25, 0.3) is 0 Å². The molecule has 14 heteroatoms. The monoisotopic (exact) mass is 1380 g/mol. The molecule has 14 aliphatic rings. The molecule has 0 aliphatic carbocycles. The van der Waals surface area contributed by atoms with Gasteiger partial charge in [-0.3, -0.25) is 9.80 Å². The van der Waals surface area contributed by atoms with E-state index in [-0.39, 0.29) is 11.0 Å². The number of nitrogens with zero attached hydrogens (tertiary/aromatic N) is 7. The molecule has 2 aromatic carbocycles. The zero-order valence-electron chi connectivity index (χ0n) is 66.0. The van der Waals surface area contributed by atoms with Crippen molar-refractivity contribution in [2.45, 2.75) is 279 Å². The average Bonchev–Trinajstić information content (AvgIpc) is 1.61. The van der Waals surface area contributed by atoms with E-state index < -0.39 is 0 Å². The van der Waals surface area contributed by atoms with E-state index in [1.54, 1.807) is 0 Å². The number of ether oxygens (including phenoxy) is 7. The van der Waals surface area contributed by atoms with Gasteiger partial charge in [-0.25, -0.2) is 0 Å². The Morgan fingerprint density at radius 1 is 0.293 bits per heavy atom. The molecule has 0 aromatic heterocycles. The summed E-state index contributed by atoms with van der Waals surface area (Å²) in [5.41, 5.74) is 7.47. The molecule has 0 N–H and O–H groups in total. The molecular formula is C85H147N7O7. The SMILES string of the molecule is CC(C)N1CCC2(C1)OCc1ccccc12.CC(C)N1CCC2(CCCOC2)C1.CC(C)N1CCC2(CCCOC2)CC1.CC(C)N1CCC2(CCOC2)CC1.CC(C)N1CCC2(CCOCC2)C1.CC(C)N1CCC2(CCOCC2)CC1.CC(C)N1CCC2(COc3ccccc32)C1. The van der Waals surface area contributed by atoms with Crippen molar-refractivity contribution in [1.29, 1.82) is 0 Å². The second-order valence-electron chi connectivity index (χ2n) is 36.0. The Hall–Kier alpha value is -2.28. The Bertz CT molecular complexity index is 2480. The zero-order valence-corrected chi connectivity index (χ0v) is 66.0. The summed E-state index contributed by atoms with van der Waals surface area (Å²) in [6.07, 6.45) is 25.2. The quantitative estimate of drug-likeness (QED) is 0.264. The second kappa shape index (κ2) is 36.3. The molecule has 7 spiro atoms. The third-order valence-corrected chi connectivity index (χ3v) is 27.3. The van der Waals surface area contributed by atoms with Gasteiger partial charge in [0.2, 0.25) is 0 Å². The number of rotatable bonds is 7. The fourth-order valence-electron chi connectivity index (χ4n) is 19.4. The molecular weight excluding hydrogens is 1230 g/mol. The third kappa shape index (κ3) is 20.9. The summed E-state index contributed by atoms with van der Waals surface area (Å²) in [6, 6.07) is 22.1. The first-order chi connectivity index (χ1) is 47.5. The first-order valence-electron chi connectivity index (χ1n) is 41.0. The first-order valence-corrected chi connectivity index (χ1v) is 41.0. The highest BCUT2D eigenvalue weighted by Crippen LogP contribution is 2.48. The Labute approximate surface area is 605 Å². The Morgan fingerprint density at radius 3 is 1.13 bits per heavy atom. The van der Waals surface area contributed by atoms with Crippen molar-refractivity contribution in [2.24, 2.45) is 27.1 Å². The van der Waals surface area contributed by atoms with Gasteiger partial charge >= 0.3 is 0 Å². The molecule has 3 atom stereocenters. The van der Waals surface area contributed by atoms with Crippen LogP contribution in [0.15, 0.2) is 48.5 Å². The van der Waals surface area contributed by atoms with E-state index in [2.05, 4.69) is 180 Å². The van der Waals surface area contributed by atoms with Crippen LogP contribution in [0.1, 0.15) is 236 Å². The van der Waals surface area contributed by atoms with E-state index in [0.717, 1.165) is 135 Å². The van der Waals surface area contributed by atoms with E-state index in [0.29, 0.717) is 45.2 Å². The maximum atomic E-state index is 6.11. The minimum atomic E-state index is 0.000856. The van der Waals surface area contributed by atoms with Crippen LogP contribution in [-0.2, 0) is 46.0 Å². The summed E-state index contributed by atoms with van der Waals surface area (Å²) in [5.74, 6) is 1.10. The zero-order chi connectivity index (χ0) is 70.3. The summed E-state index contributed by atoms with van der Waals surface area (Å²) in [6.45, 7) is 61.2. The van der Waals surface area contributed by atoms with Crippen molar-refractivity contribution in [2.75, 3.05) is 164 Å². The molecule has 0 saturated carbocycles. The van der Waals surface area contributed by atoms with Gasteiger partial charge in [-0.15, -0.1) is 0 Å². The molecule has 14 aliphatic heterocycles. The van der Waals surface area contributed by atoms with E-state index in [1.807, 2.05) is 0 Å². The second-order valence-corrected chi connectivity index (χ2v) is 36.0. The minimum absolute atomic E-state index is 0.000856. The molecule has 14 nitrogen and oxygen atoms in total. The van der Waals surface area contributed by atoms with Crippen LogP contribution in [0.3, 0.4) is 0 Å². The fourth-order valence-corrected chi connectivity index (χ4v) is 19.4. The van der Waals surface area contributed by atoms with Crippen molar-refractivity contribution < 1.29 is 33.2 Å². The average molecular weight is 1380 g/mol. The highest BCUT2D eigenvalue weighted by Gasteiger charge is 2.49. The van der Waals surface area contributed by atoms with E-state index in [1.165, 1.54) is 204 Å². The number of piperidine rings is 3. The molecule has 16 rings (SSSR count). The van der Waals surface area contributed by atoms with Crippen molar-refractivity contribution >= 4 is 0 Å². The molecule has 99 heavy (non-hydrogen) atoms. The lowest BCUT2D eigenvalue weighted by Crippen LogP contribution is -2.46. The van der Waals surface area contributed by atoms with Crippen LogP contribution >= 0.6 is 0 Å². The number of likely N-dealkylation sites (tertiary alicyclic amines) is 7. The number of hydrogen-bond donors (Lipinski definition) is 0. The molecule has 12 fully saturated rings. The van der Waals surface area contributed by atoms with Crippen molar-refractivity contribution in [3.05, 3.63) is 65.2 Å². The van der Waals surface area contributed by atoms with Crippen LogP contribution in [0.4, 0.5) is 0 Å². The Balaban J connectivity index is 0.000000125. The van der Waals surface area contributed by atoms with Crippen LogP contribution < -0.4 is 4.74 Å². The smallest absolute Gasteiger partial charge is 0.123 e. The van der Waals surface area contributed by atoms with Gasteiger partial charge in [0.05, 0.1) is 33.0 Å². The van der Waals surface area contributed by atoms with E-state index in [4.69, 9.17) is 33.2 Å². The summed E-state index contributed by atoms with van der Waals surface area (Å²) >= 11 is 0. The van der Waals surface area contributed by atoms with Crippen LogP contribution in [0.2, 0.25) is 0 Å². The predicted octanol–water partition coefficient (Wildman–Crippen LogP) is 15.2. The number of benzene rings is 2. The maximum Gasteiger partial charge on any atom is 0.123 e. The standard InChI is InChI=1S/2C14H19NO.2C12H23NO.3C11H21NO/c1-11(2)15-8-7-14(9-15)10-16-13-6-4-3-5-12(13)14;1-11(2)15-8-7-14(10-15)13-6-4-3-5-12(13)9-16-14;1-11(2)13-7-3-12(4-8-13)5-9-14-10-6-12;1-11(2)13-7-5-12(6-8-13)4-3-9-14-10-12;1-10(2)12-6-3-11(9-12)4-7-13-8-5-11;1-10(2)12-6-3-11(4-7-12)5-8-13-9-11;1-10(2)12-6-5-11(8-12)4-3-7-13-9-11/h2*3-6,11H,7-10H2,1-2H3;2*11H,3-10H2,1-2H3;3*10H,3-9H2,1-2H3. The van der Waals surface area contributed by atoms with Crippen molar-refractivity contribution in [1.82, 2.24) is 34.3 Å². The number of fused-ring (bicyclic) bond motifs is 4. The molecule has 0 radical (unpaired) electrons. The maximum absolute atomic E-state index is 6.11. The molecule has 14 heterocycles. The van der Waals surface area contributed by atoms with Crippen LogP contribution in [-0.4, -0.2) is 241 Å². The lowest BCUT2D eigenvalue weighted by molar-refractivity contribution is -0.0465. The van der Waals surface area contributed by atoms with Gasteiger partial charge < -0.3 is 57.7 Å². The summed E-state index contributed by atoms with van der Waals surface area (Å²) in [5, 5.41) is 0. The lowest BCUT2D eigenvalue weighted by atomic mass is 9.72. The molecule has 0 amide bonds. The highest BCUT2D eigenvalue weighted by molar-refractivity contribution is 5.45. The minimum Gasteiger partial charge on any atom is -0.492 e. The summed E-state index contributed by atoms with van der Waals surface area (Å²) in [4.78, 5) is 18.1. The lowest BCUT2D eigenvalue weighted by Gasteiger charge is -2.45. The van der Waals surface area contributed by atoms with Gasteiger partial charge in [-0.1, -0.05) is 42.5 Å². The number of para-hydroxylation sites is 1. The Kier molecular flexibility index (Phi) is 29.1. The normalized spacial score (nSPS) is 29.7. The topological polar surface area (TPSA) is 87.3 Å². The van der Waals surface area contributed by atoms with Crippen molar-refractivity contribution in [3.8, 4) is 5.75 Å². The fraction of sp³-hybridized carbons (Fsp3) is 0.859. The van der Waals surface area contributed by atoms with Gasteiger partial charge in [0.1, 0.15) is 11.4 Å². The van der Waals surface area contributed by atoms with Crippen LogP contribution in [0.5, 0.6) is 5.75 Å². The van der Waals surface area contributed by atoms with Crippen LogP contribution in [0, 0.1) is 27.1 Å². The van der Waals surface area contributed by atoms with Gasteiger partial charge in [0.25, 0.3) is 0 Å². The summed E-state index contributed by atoms with van der Waals surface area (Å²) < 4.78 is 39.6. The number of hydrogen-bond acceptors (Lipinski definition) is 14. The van der Waals surface area contributed by atoms with E-state index in [9.17, 15) is 0 Å². The predicted molar refractivity (Wildman–Crippen MR) is 407 cm³/mol. The van der Waals surface area contributed by atoms with Crippen molar-refractivity contribution in [3.63, 3.8) is 0 Å². The highest BCUT2D eigenvalue weighted by atomic mass is 16.5. The molecule has 3 unspecified atom stereocenters. The van der Waals surface area contributed by atoms with Gasteiger partial charge in [-0.2, -0.15) is 0 Å². The Morgan fingerprint density at radius 2 is 0.657 bits per heavy atom. The molecule has 12 saturated heterocycles.